The molecule has 0 saturated heterocycles. The van der Waals surface area contributed by atoms with Gasteiger partial charge in [-0.05, 0) is 42.5 Å². The Morgan fingerprint density at radius 1 is 1.19 bits per heavy atom. The molecule has 0 spiro atoms. The molecule has 6 nitrogen and oxygen atoms in total. The smallest absolute Gasteiger partial charge is 0.410 e. The second-order valence-electron chi connectivity index (χ2n) is 7.37. The van der Waals surface area contributed by atoms with E-state index in [1.807, 2.05) is 42.6 Å². The van der Waals surface area contributed by atoms with Gasteiger partial charge in [-0.1, -0.05) is 18.2 Å². The summed E-state index contributed by atoms with van der Waals surface area (Å²) in [6, 6.07) is 12.0. The van der Waals surface area contributed by atoms with Crippen molar-refractivity contribution in [2.75, 3.05) is 18.5 Å². The van der Waals surface area contributed by atoms with Gasteiger partial charge in [-0.2, -0.15) is 0 Å². The minimum atomic E-state index is -0.295. The Hall–Kier alpha value is -2.75. The van der Waals surface area contributed by atoms with Gasteiger partial charge in [0.05, 0.1) is 29.8 Å². The average Bonchev–Trinajstić information content (AvgIpc) is 3.51. The molecular weight excluding hydrogens is 462 g/mol. The van der Waals surface area contributed by atoms with E-state index < -0.39 is 0 Å². The van der Waals surface area contributed by atoms with Crippen molar-refractivity contribution < 1.29 is 14.3 Å². The lowest BCUT2D eigenvalue weighted by Gasteiger charge is -2.26. The molecule has 0 bridgehead atoms. The van der Waals surface area contributed by atoms with Crippen LogP contribution in [0.15, 0.2) is 41.8 Å². The predicted molar refractivity (Wildman–Crippen MR) is 131 cm³/mol. The highest BCUT2D eigenvalue weighted by Crippen LogP contribution is 2.45. The molecule has 9 heteroatoms. The van der Waals surface area contributed by atoms with E-state index in [1.54, 1.807) is 27.6 Å². The summed E-state index contributed by atoms with van der Waals surface area (Å²) in [7, 11) is 0. The van der Waals surface area contributed by atoms with E-state index in [-0.39, 0.29) is 12.0 Å². The largest absolute Gasteiger partial charge is 0.450 e. The van der Waals surface area contributed by atoms with Gasteiger partial charge in [-0.3, -0.25) is 4.79 Å². The lowest BCUT2D eigenvalue weighted by atomic mass is 10.0. The molecule has 0 saturated carbocycles. The molecule has 1 aliphatic heterocycles. The van der Waals surface area contributed by atoms with E-state index in [9.17, 15) is 9.59 Å². The number of carbonyl (C=O) groups excluding carboxylic acids is 2. The summed E-state index contributed by atoms with van der Waals surface area (Å²) >= 11 is 4.74. The highest BCUT2D eigenvalue weighted by atomic mass is 32.1. The Balaban J connectivity index is 1.51. The first-order chi connectivity index (χ1) is 15.6. The van der Waals surface area contributed by atoms with Crippen LogP contribution in [0.3, 0.4) is 0 Å². The third-order valence-electron chi connectivity index (χ3n) is 5.26. The zero-order valence-corrected chi connectivity index (χ0v) is 19.9. The highest BCUT2D eigenvalue weighted by Gasteiger charge is 2.30. The lowest BCUT2D eigenvalue weighted by molar-refractivity contribution is -0.115. The summed E-state index contributed by atoms with van der Waals surface area (Å²) in [6.45, 7) is 3.24. The fourth-order valence-corrected chi connectivity index (χ4v) is 6.90. The number of anilines is 1. The zero-order valence-electron chi connectivity index (χ0n) is 17.4. The van der Waals surface area contributed by atoms with Crippen LogP contribution in [0.2, 0.25) is 0 Å². The van der Waals surface area contributed by atoms with E-state index in [1.165, 1.54) is 16.9 Å². The van der Waals surface area contributed by atoms with E-state index in [4.69, 9.17) is 9.72 Å². The van der Waals surface area contributed by atoms with Gasteiger partial charge in [0.2, 0.25) is 5.91 Å². The molecule has 164 valence electrons. The summed E-state index contributed by atoms with van der Waals surface area (Å²) in [4.78, 5) is 33.8. The Morgan fingerprint density at radius 2 is 2.06 bits per heavy atom. The number of benzene rings is 1. The van der Waals surface area contributed by atoms with Crippen LogP contribution in [-0.2, 0) is 28.9 Å². The van der Waals surface area contributed by atoms with Gasteiger partial charge in [-0.25, -0.2) is 9.78 Å². The Morgan fingerprint density at radius 3 is 2.84 bits per heavy atom. The van der Waals surface area contributed by atoms with Gasteiger partial charge < -0.3 is 15.0 Å². The van der Waals surface area contributed by atoms with Crippen LogP contribution in [0, 0.1) is 0 Å². The van der Waals surface area contributed by atoms with Gasteiger partial charge in [0, 0.05) is 21.9 Å². The fourth-order valence-electron chi connectivity index (χ4n) is 3.81. The Kier molecular flexibility index (Phi) is 5.95. The molecule has 0 radical (unpaired) electrons. The lowest BCUT2D eigenvalue weighted by Crippen LogP contribution is -2.35. The molecule has 0 unspecified atom stereocenters. The first kappa shape index (κ1) is 21.1. The topological polar surface area (TPSA) is 71.5 Å². The van der Waals surface area contributed by atoms with Gasteiger partial charge in [0.25, 0.3) is 0 Å². The maximum absolute atomic E-state index is 12.8. The number of aromatic nitrogens is 1. The molecule has 0 fully saturated rings. The van der Waals surface area contributed by atoms with Crippen molar-refractivity contribution in [3.63, 3.8) is 0 Å². The number of rotatable bonds is 5. The molecule has 2 amide bonds. The Bertz CT molecular complexity index is 1240. The SMILES string of the molecule is CCOC(=O)N1CCc2c(sc(NC(=O)Cc3cccs3)c2-c2nc3ccccc3s2)C1. The molecule has 1 aliphatic rings. The van der Waals surface area contributed by atoms with E-state index in [2.05, 4.69) is 11.4 Å². The number of hydrogen-bond donors (Lipinski definition) is 1. The number of ether oxygens (including phenoxy) is 1. The zero-order chi connectivity index (χ0) is 22.1. The minimum Gasteiger partial charge on any atom is -0.450 e. The molecule has 4 aromatic rings. The number of hydrogen-bond acceptors (Lipinski definition) is 7. The molecule has 3 aromatic heterocycles. The third-order valence-corrected chi connectivity index (χ3v) is 8.32. The van der Waals surface area contributed by atoms with Crippen LogP contribution in [0.4, 0.5) is 9.80 Å². The first-order valence-corrected chi connectivity index (χ1v) is 12.9. The van der Waals surface area contributed by atoms with Crippen LogP contribution < -0.4 is 5.32 Å². The van der Waals surface area contributed by atoms with Gasteiger partial charge >= 0.3 is 6.09 Å². The van der Waals surface area contributed by atoms with Crippen LogP contribution in [0.1, 0.15) is 22.2 Å². The minimum absolute atomic E-state index is 0.0457. The molecular formula is C23H21N3O3S3. The number of nitrogens with zero attached hydrogens (tertiary/aromatic N) is 2. The molecule has 32 heavy (non-hydrogen) atoms. The van der Waals surface area contributed by atoms with Crippen molar-refractivity contribution in [1.82, 2.24) is 9.88 Å². The summed E-state index contributed by atoms with van der Waals surface area (Å²) in [5.41, 5.74) is 3.11. The van der Waals surface area contributed by atoms with Crippen molar-refractivity contribution in [1.29, 1.82) is 0 Å². The van der Waals surface area contributed by atoms with Crippen molar-refractivity contribution in [2.24, 2.45) is 0 Å². The number of thiophene rings is 2. The normalized spacial score (nSPS) is 13.2. The van der Waals surface area contributed by atoms with Crippen molar-refractivity contribution >= 4 is 61.2 Å². The predicted octanol–water partition coefficient (Wildman–Crippen LogP) is 5.78. The van der Waals surface area contributed by atoms with E-state index >= 15 is 0 Å². The summed E-state index contributed by atoms with van der Waals surface area (Å²) < 4.78 is 6.31. The molecule has 0 atom stereocenters. The number of amides is 2. The number of carbonyl (C=O) groups is 2. The van der Waals surface area contributed by atoms with Crippen LogP contribution >= 0.6 is 34.0 Å². The van der Waals surface area contributed by atoms with E-state index in [0.29, 0.717) is 32.5 Å². The standard InChI is InChI=1S/C23H21N3O3S3/c1-2-29-23(28)26-10-9-15-18(13-26)32-22(25-19(27)12-14-6-5-11-30-14)20(15)21-24-16-7-3-4-8-17(16)31-21/h3-8,11H,2,9-10,12-13H2,1H3,(H,25,27). The quantitative estimate of drug-likeness (QED) is 0.390. The number of nitrogens with one attached hydrogen (secondary N) is 1. The second kappa shape index (κ2) is 9.01. The molecule has 1 N–H and O–H groups in total. The number of thiazole rings is 1. The van der Waals surface area contributed by atoms with Crippen LogP contribution in [-0.4, -0.2) is 35.0 Å². The first-order valence-electron chi connectivity index (χ1n) is 10.4. The summed E-state index contributed by atoms with van der Waals surface area (Å²) in [6.07, 6.45) is 0.752. The summed E-state index contributed by atoms with van der Waals surface area (Å²) in [5.74, 6) is -0.0457. The number of para-hydroxylation sites is 1. The van der Waals surface area contributed by atoms with Crippen molar-refractivity contribution in [3.8, 4) is 10.6 Å². The summed E-state index contributed by atoms with van der Waals surface area (Å²) in [5, 5.41) is 6.82. The third kappa shape index (κ3) is 4.15. The van der Waals surface area contributed by atoms with Crippen molar-refractivity contribution in [2.45, 2.75) is 26.3 Å². The van der Waals surface area contributed by atoms with Crippen LogP contribution in [0.25, 0.3) is 20.8 Å². The maximum atomic E-state index is 12.8. The van der Waals surface area contributed by atoms with E-state index in [0.717, 1.165) is 35.5 Å². The molecule has 1 aromatic carbocycles. The molecule has 4 heterocycles. The molecule has 0 aliphatic carbocycles. The second-order valence-corrected chi connectivity index (χ2v) is 10.5. The number of fused-ring (bicyclic) bond motifs is 2. The van der Waals surface area contributed by atoms with Crippen LogP contribution in [0.5, 0.6) is 0 Å². The highest BCUT2D eigenvalue weighted by molar-refractivity contribution is 7.23. The van der Waals surface area contributed by atoms with Gasteiger partial charge in [-0.15, -0.1) is 34.0 Å². The van der Waals surface area contributed by atoms with Crippen molar-refractivity contribution in [3.05, 3.63) is 57.1 Å². The van der Waals surface area contributed by atoms with Gasteiger partial charge in [0.15, 0.2) is 0 Å². The average molecular weight is 484 g/mol. The van der Waals surface area contributed by atoms with Gasteiger partial charge in [0.1, 0.15) is 10.0 Å². The maximum Gasteiger partial charge on any atom is 0.410 e. The Labute approximate surface area is 197 Å². The fraction of sp³-hybridized carbons (Fsp3) is 0.261. The molecule has 5 rings (SSSR count). The monoisotopic (exact) mass is 483 g/mol.